The van der Waals surface area contributed by atoms with E-state index in [4.69, 9.17) is 5.73 Å². The summed E-state index contributed by atoms with van der Waals surface area (Å²) in [6, 6.07) is 0.0784. The number of hydrogen-bond acceptors (Lipinski definition) is 2. The molecule has 1 heterocycles. The second kappa shape index (κ2) is 4.81. The molecule has 17 heavy (non-hydrogen) atoms. The molecule has 2 unspecified atom stereocenters. The molecule has 1 amide bonds. The Balaban J connectivity index is 1.89. The number of carbonyl (C=O) groups is 1. The molecule has 3 nitrogen and oxygen atoms in total. The fourth-order valence-electron chi connectivity index (χ4n) is 2.77. The van der Waals surface area contributed by atoms with Gasteiger partial charge in [-0.1, -0.05) is 32.4 Å². The third-order valence-electron chi connectivity index (χ3n) is 4.57. The van der Waals surface area contributed by atoms with Crippen molar-refractivity contribution in [3.63, 3.8) is 0 Å². The molecule has 96 valence electrons. The standard InChI is InChI=1S/C14H24N2O/c1-3-14(2)6-8-16(9-7-14)13(17)11-4-5-12(15)10-11/h4-5,11-12H,3,6-10,15H2,1-2H3. The Hall–Kier alpha value is -0.830. The highest BCUT2D eigenvalue weighted by molar-refractivity contribution is 5.81. The Morgan fingerprint density at radius 1 is 1.41 bits per heavy atom. The lowest BCUT2D eigenvalue weighted by Crippen LogP contribution is -2.44. The van der Waals surface area contributed by atoms with E-state index >= 15 is 0 Å². The van der Waals surface area contributed by atoms with Crippen molar-refractivity contribution in [2.75, 3.05) is 13.1 Å². The van der Waals surface area contributed by atoms with Gasteiger partial charge in [0.15, 0.2) is 0 Å². The van der Waals surface area contributed by atoms with Gasteiger partial charge in [-0.25, -0.2) is 0 Å². The van der Waals surface area contributed by atoms with Gasteiger partial charge in [0, 0.05) is 19.1 Å². The van der Waals surface area contributed by atoms with Crippen molar-refractivity contribution in [3.8, 4) is 0 Å². The van der Waals surface area contributed by atoms with E-state index in [0.29, 0.717) is 5.41 Å². The Kier molecular flexibility index (Phi) is 3.57. The van der Waals surface area contributed by atoms with E-state index in [2.05, 4.69) is 13.8 Å². The molecular formula is C14H24N2O. The molecule has 1 saturated heterocycles. The molecule has 0 aromatic rings. The van der Waals surface area contributed by atoms with Crippen LogP contribution in [0.4, 0.5) is 0 Å². The third-order valence-corrected chi connectivity index (χ3v) is 4.57. The van der Waals surface area contributed by atoms with Crippen LogP contribution in [0.2, 0.25) is 0 Å². The lowest BCUT2D eigenvalue weighted by atomic mass is 9.78. The number of rotatable bonds is 2. The van der Waals surface area contributed by atoms with E-state index < -0.39 is 0 Å². The van der Waals surface area contributed by atoms with Crippen LogP contribution < -0.4 is 5.73 Å². The highest BCUT2D eigenvalue weighted by atomic mass is 16.2. The molecule has 0 saturated carbocycles. The zero-order valence-corrected chi connectivity index (χ0v) is 11.0. The SMILES string of the molecule is CCC1(C)CCN(C(=O)C2C=CC(N)C2)CC1. The van der Waals surface area contributed by atoms with Crippen LogP contribution in [0.1, 0.15) is 39.5 Å². The lowest BCUT2D eigenvalue weighted by Gasteiger charge is -2.39. The summed E-state index contributed by atoms with van der Waals surface area (Å²) in [6.07, 6.45) is 8.22. The highest BCUT2D eigenvalue weighted by Crippen LogP contribution is 2.34. The third kappa shape index (κ3) is 2.71. The maximum absolute atomic E-state index is 12.3. The number of likely N-dealkylation sites (tertiary alicyclic amines) is 1. The van der Waals surface area contributed by atoms with Crippen molar-refractivity contribution in [2.45, 2.75) is 45.6 Å². The van der Waals surface area contributed by atoms with Crippen molar-refractivity contribution in [3.05, 3.63) is 12.2 Å². The van der Waals surface area contributed by atoms with Crippen LogP contribution in [0.3, 0.4) is 0 Å². The zero-order chi connectivity index (χ0) is 12.5. The first-order valence-corrected chi connectivity index (χ1v) is 6.77. The van der Waals surface area contributed by atoms with Crippen LogP contribution in [0.25, 0.3) is 0 Å². The molecule has 0 bridgehead atoms. The average Bonchev–Trinajstić information content (AvgIpc) is 2.76. The van der Waals surface area contributed by atoms with E-state index in [1.54, 1.807) is 0 Å². The zero-order valence-electron chi connectivity index (χ0n) is 11.0. The number of carbonyl (C=O) groups excluding carboxylic acids is 1. The van der Waals surface area contributed by atoms with Crippen LogP contribution in [0, 0.1) is 11.3 Å². The summed E-state index contributed by atoms with van der Waals surface area (Å²) in [4.78, 5) is 14.3. The van der Waals surface area contributed by atoms with Gasteiger partial charge in [0.25, 0.3) is 0 Å². The van der Waals surface area contributed by atoms with E-state index in [-0.39, 0.29) is 17.9 Å². The number of hydrogen-bond donors (Lipinski definition) is 1. The van der Waals surface area contributed by atoms with Gasteiger partial charge in [-0.05, 0) is 24.7 Å². The van der Waals surface area contributed by atoms with Gasteiger partial charge in [0.2, 0.25) is 5.91 Å². The second-order valence-corrected chi connectivity index (χ2v) is 5.88. The fourth-order valence-corrected chi connectivity index (χ4v) is 2.77. The Morgan fingerprint density at radius 3 is 2.53 bits per heavy atom. The lowest BCUT2D eigenvalue weighted by molar-refractivity contribution is -0.136. The molecule has 1 aliphatic carbocycles. The molecule has 2 atom stereocenters. The summed E-state index contributed by atoms with van der Waals surface area (Å²) in [5.41, 5.74) is 6.24. The van der Waals surface area contributed by atoms with Crippen molar-refractivity contribution < 1.29 is 4.79 Å². The molecule has 2 N–H and O–H groups in total. The topological polar surface area (TPSA) is 46.3 Å². The molecule has 1 aliphatic heterocycles. The van der Waals surface area contributed by atoms with Crippen LogP contribution in [-0.2, 0) is 4.79 Å². The summed E-state index contributed by atoms with van der Waals surface area (Å²) >= 11 is 0. The predicted octanol–water partition coefficient (Wildman–Crippen LogP) is 1.93. The first-order valence-electron chi connectivity index (χ1n) is 6.77. The maximum atomic E-state index is 12.3. The molecule has 2 aliphatic rings. The minimum atomic E-state index is 0.0379. The summed E-state index contributed by atoms with van der Waals surface area (Å²) in [6.45, 7) is 6.42. The van der Waals surface area contributed by atoms with Gasteiger partial charge in [-0.15, -0.1) is 0 Å². The van der Waals surface area contributed by atoms with Gasteiger partial charge in [-0.2, -0.15) is 0 Å². The molecule has 0 aromatic heterocycles. The van der Waals surface area contributed by atoms with Crippen molar-refractivity contribution in [2.24, 2.45) is 17.1 Å². The summed E-state index contributed by atoms with van der Waals surface area (Å²) in [5.74, 6) is 0.323. The normalized spacial score (nSPS) is 31.8. The van der Waals surface area contributed by atoms with Gasteiger partial charge in [-0.3, -0.25) is 4.79 Å². The monoisotopic (exact) mass is 236 g/mol. The maximum Gasteiger partial charge on any atom is 0.229 e. The van der Waals surface area contributed by atoms with E-state index in [9.17, 15) is 4.79 Å². The van der Waals surface area contributed by atoms with E-state index in [0.717, 1.165) is 32.4 Å². The molecule has 3 heteroatoms. The first kappa shape index (κ1) is 12.6. The molecule has 0 radical (unpaired) electrons. The summed E-state index contributed by atoms with van der Waals surface area (Å²) < 4.78 is 0. The first-order chi connectivity index (χ1) is 8.04. The Morgan fingerprint density at radius 2 is 2.06 bits per heavy atom. The number of nitrogens with two attached hydrogens (primary N) is 1. The smallest absolute Gasteiger partial charge is 0.229 e. The predicted molar refractivity (Wildman–Crippen MR) is 69.4 cm³/mol. The minimum absolute atomic E-state index is 0.0379. The quantitative estimate of drug-likeness (QED) is 0.745. The van der Waals surface area contributed by atoms with Crippen LogP contribution in [0.5, 0.6) is 0 Å². The van der Waals surface area contributed by atoms with Crippen LogP contribution in [-0.4, -0.2) is 29.9 Å². The van der Waals surface area contributed by atoms with Crippen LogP contribution >= 0.6 is 0 Å². The summed E-state index contributed by atoms with van der Waals surface area (Å²) in [7, 11) is 0. The number of nitrogens with zero attached hydrogens (tertiary/aromatic N) is 1. The van der Waals surface area contributed by atoms with E-state index in [1.165, 1.54) is 6.42 Å². The molecule has 0 spiro atoms. The average molecular weight is 236 g/mol. The molecule has 2 rings (SSSR count). The number of piperidine rings is 1. The number of amides is 1. The van der Waals surface area contributed by atoms with Gasteiger partial charge in [0.05, 0.1) is 5.92 Å². The van der Waals surface area contributed by atoms with Crippen molar-refractivity contribution >= 4 is 5.91 Å². The molecule has 1 fully saturated rings. The molecule has 0 aromatic carbocycles. The summed E-state index contributed by atoms with van der Waals surface area (Å²) in [5, 5.41) is 0. The largest absolute Gasteiger partial charge is 0.342 e. The van der Waals surface area contributed by atoms with Gasteiger partial charge < -0.3 is 10.6 Å². The Labute approximate surface area is 104 Å². The van der Waals surface area contributed by atoms with Crippen molar-refractivity contribution in [1.82, 2.24) is 4.90 Å². The van der Waals surface area contributed by atoms with Gasteiger partial charge >= 0.3 is 0 Å². The Bertz CT molecular complexity index is 316. The van der Waals surface area contributed by atoms with Crippen LogP contribution in [0.15, 0.2) is 12.2 Å². The van der Waals surface area contributed by atoms with E-state index in [1.807, 2.05) is 17.1 Å². The molecular weight excluding hydrogens is 212 g/mol. The minimum Gasteiger partial charge on any atom is -0.342 e. The van der Waals surface area contributed by atoms with Gasteiger partial charge in [0.1, 0.15) is 0 Å². The fraction of sp³-hybridized carbons (Fsp3) is 0.786. The highest BCUT2D eigenvalue weighted by Gasteiger charge is 2.33. The van der Waals surface area contributed by atoms with Crippen molar-refractivity contribution in [1.29, 1.82) is 0 Å². The second-order valence-electron chi connectivity index (χ2n) is 5.88.